The maximum atomic E-state index is 9.41. The number of phenols is 2. The third-order valence-corrected chi connectivity index (χ3v) is 2.04. The number of phenolic OH excluding ortho intramolecular Hbond substituents is 2. The van der Waals surface area contributed by atoms with E-state index in [9.17, 15) is 10.2 Å². The van der Waals surface area contributed by atoms with Crippen molar-refractivity contribution in [1.82, 2.24) is 0 Å². The van der Waals surface area contributed by atoms with Crippen molar-refractivity contribution >= 4 is 22.0 Å². The van der Waals surface area contributed by atoms with Gasteiger partial charge in [-0.05, 0) is 0 Å². The monoisotopic (exact) mass is 144 g/mol. The second-order valence-electron chi connectivity index (χ2n) is 2.81. The van der Waals surface area contributed by atoms with E-state index < -0.39 is 0 Å². The molecule has 1 aromatic carbocycles. The van der Waals surface area contributed by atoms with Gasteiger partial charge in [0.1, 0.15) is 0 Å². The summed E-state index contributed by atoms with van der Waals surface area (Å²) in [4.78, 5) is 0. The second kappa shape index (κ2) is 2.81. The molecule has 3 heteroatoms. The molecule has 0 bridgehead atoms. The first-order valence-corrected chi connectivity index (χ1v) is 3.52. The first-order valence-electron chi connectivity index (χ1n) is 3.52. The van der Waals surface area contributed by atoms with Gasteiger partial charge in [0.25, 0.3) is 0 Å². The van der Waals surface area contributed by atoms with E-state index >= 15 is 0 Å². The van der Waals surface area contributed by atoms with E-state index in [0.717, 1.165) is 9.80 Å². The molecule has 0 amide bonds. The Labute approximate surface area is 75.1 Å². The van der Waals surface area contributed by atoms with Crippen LogP contribution < -0.4 is 4.24 Å². The van der Waals surface area contributed by atoms with Crippen molar-refractivity contribution < 1.29 is 10.2 Å². The van der Waals surface area contributed by atoms with Gasteiger partial charge in [-0.25, -0.2) is 0 Å². The molecule has 54 valence electrons. The summed E-state index contributed by atoms with van der Waals surface area (Å²) in [5.74, 6) is 0.355. The Morgan fingerprint density at radius 1 is 1.18 bits per heavy atom. The minimum absolute atomic E-state index is 0.158. The zero-order valence-corrected chi connectivity index (χ0v) is 6.97. The van der Waals surface area contributed by atoms with Crippen LogP contribution in [-0.2, 0) is 0 Å². The SMILES string of the molecule is [Li][c]1cc(O)c(C)c(O)c1C. The molecule has 0 unspecified atom stereocenters. The van der Waals surface area contributed by atoms with Gasteiger partial charge in [0.2, 0.25) is 0 Å². The molecule has 1 rings (SSSR count). The summed E-state index contributed by atoms with van der Waals surface area (Å²) in [6.45, 7) is 3.52. The topological polar surface area (TPSA) is 40.5 Å². The molecule has 2 N–H and O–H groups in total. The van der Waals surface area contributed by atoms with Gasteiger partial charge in [-0.1, -0.05) is 0 Å². The Kier molecular flexibility index (Phi) is 2.17. The third kappa shape index (κ3) is 1.37. The molecule has 0 saturated carbocycles. The Balaban J connectivity index is 3.46. The zero-order chi connectivity index (χ0) is 8.59. The van der Waals surface area contributed by atoms with Gasteiger partial charge in [0.15, 0.2) is 0 Å². The normalized spacial score (nSPS) is 10.2. The van der Waals surface area contributed by atoms with Crippen molar-refractivity contribution in [3.8, 4) is 11.5 Å². The molecule has 0 aliphatic carbocycles. The van der Waals surface area contributed by atoms with Crippen molar-refractivity contribution in [3.63, 3.8) is 0 Å². The average molecular weight is 144 g/mol. The molecular formula is C8H9LiO2. The summed E-state index contributed by atoms with van der Waals surface area (Å²) in [6.07, 6.45) is 0. The standard InChI is InChI=1S/C8H9O2.Li/c1-5-3-4-7(9)6(2)8(5)10;/h4,9-10H,1-2H3;. The molecular weight excluding hydrogens is 135 g/mol. The molecule has 0 spiro atoms. The van der Waals surface area contributed by atoms with Crippen LogP contribution in [0.1, 0.15) is 11.1 Å². The molecule has 0 radical (unpaired) electrons. The summed E-state index contributed by atoms with van der Waals surface area (Å²) >= 11 is 1.86. The summed E-state index contributed by atoms with van der Waals surface area (Å²) < 4.78 is 0.908. The van der Waals surface area contributed by atoms with Gasteiger partial charge in [0.05, 0.1) is 0 Å². The Morgan fingerprint density at radius 3 is 2.27 bits per heavy atom. The van der Waals surface area contributed by atoms with E-state index in [1.807, 2.05) is 24.6 Å². The molecule has 11 heavy (non-hydrogen) atoms. The van der Waals surface area contributed by atoms with Crippen molar-refractivity contribution in [2.75, 3.05) is 0 Å². The Bertz CT molecular complexity index is 268. The molecule has 2 nitrogen and oxygen atoms in total. The van der Waals surface area contributed by atoms with Gasteiger partial charge in [-0.15, -0.1) is 0 Å². The molecule has 0 aliphatic rings. The fraction of sp³-hybridized carbons (Fsp3) is 0.250. The summed E-state index contributed by atoms with van der Waals surface area (Å²) in [7, 11) is 0. The quantitative estimate of drug-likeness (QED) is 0.521. The van der Waals surface area contributed by atoms with Crippen LogP contribution in [0.15, 0.2) is 6.07 Å². The van der Waals surface area contributed by atoms with Crippen molar-refractivity contribution in [2.24, 2.45) is 0 Å². The van der Waals surface area contributed by atoms with Crippen molar-refractivity contribution in [1.29, 1.82) is 0 Å². The van der Waals surface area contributed by atoms with E-state index in [1.165, 1.54) is 0 Å². The van der Waals surface area contributed by atoms with Crippen LogP contribution in [0.4, 0.5) is 0 Å². The Hall–Kier alpha value is -0.583. The van der Waals surface area contributed by atoms with Gasteiger partial charge >= 0.3 is 74.7 Å². The second-order valence-corrected chi connectivity index (χ2v) is 2.81. The fourth-order valence-electron chi connectivity index (χ4n) is 1.01. The van der Waals surface area contributed by atoms with Gasteiger partial charge < -0.3 is 0 Å². The minimum atomic E-state index is 0.158. The predicted molar refractivity (Wildman–Crippen MR) is 44.6 cm³/mol. The van der Waals surface area contributed by atoms with Crippen LogP contribution in [0.25, 0.3) is 0 Å². The van der Waals surface area contributed by atoms with Gasteiger partial charge in [0, 0.05) is 0 Å². The number of rotatable bonds is 0. The van der Waals surface area contributed by atoms with E-state index in [-0.39, 0.29) is 11.5 Å². The van der Waals surface area contributed by atoms with E-state index in [0.29, 0.717) is 5.56 Å². The summed E-state index contributed by atoms with van der Waals surface area (Å²) in [5, 5.41) is 18.7. The number of hydrogen-bond donors (Lipinski definition) is 2. The molecule has 0 atom stereocenters. The molecule has 0 aromatic heterocycles. The van der Waals surface area contributed by atoms with Crippen molar-refractivity contribution in [2.45, 2.75) is 13.8 Å². The molecule has 0 saturated heterocycles. The van der Waals surface area contributed by atoms with Crippen LogP contribution in [0, 0.1) is 13.8 Å². The summed E-state index contributed by atoms with van der Waals surface area (Å²) in [6, 6.07) is 1.66. The molecule has 1 aromatic rings. The van der Waals surface area contributed by atoms with Crippen LogP contribution in [0.2, 0.25) is 0 Å². The molecule has 0 fully saturated rings. The average Bonchev–Trinajstić information content (AvgIpc) is 1.97. The maximum absolute atomic E-state index is 9.41. The van der Waals surface area contributed by atoms with Crippen LogP contribution in [-0.4, -0.2) is 27.9 Å². The van der Waals surface area contributed by atoms with Gasteiger partial charge in [-0.3, -0.25) is 0 Å². The van der Waals surface area contributed by atoms with E-state index in [4.69, 9.17) is 0 Å². The third-order valence-electron chi connectivity index (χ3n) is 2.04. The predicted octanol–water partition coefficient (Wildman–Crippen LogP) is 0.508. The first kappa shape index (κ1) is 8.51. The van der Waals surface area contributed by atoms with Gasteiger partial charge in [-0.2, -0.15) is 0 Å². The first-order chi connectivity index (χ1) is 5.04. The zero-order valence-electron chi connectivity index (χ0n) is 6.97. The summed E-state index contributed by atoms with van der Waals surface area (Å²) in [5.41, 5.74) is 1.38. The Morgan fingerprint density at radius 2 is 1.73 bits per heavy atom. The molecule has 0 heterocycles. The number of hydrogen-bond acceptors (Lipinski definition) is 2. The fourth-order valence-corrected chi connectivity index (χ4v) is 1.01. The van der Waals surface area contributed by atoms with Crippen LogP contribution in [0.3, 0.4) is 0 Å². The van der Waals surface area contributed by atoms with Crippen LogP contribution in [0.5, 0.6) is 11.5 Å². The molecule has 0 aliphatic heterocycles. The number of aromatic hydroxyl groups is 2. The van der Waals surface area contributed by atoms with E-state index in [1.54, 1.807) is 13.0 Å². The van der Waals surface area contributed by atoms with Crippen molar-refractivity contribution in [3.05, 3.63) is 17.2 Å². The number of benzene rings is 1. The van der Waals surface area contributed by atoms with Crippen LogP contribution >= 0.6 is 0 Å². The van der Waals surface area contributed by atoms with E-state index in [2.05, 4.69) is 0 Å².